The molecule has 9 rings (SSSR count). The first-order valence-corrected chi connectivity index (χ1v) is 22.0. The number of hydrogen-bond donors (Lipinski definition) is 4. The Labute approximate surface area is 371 Å². The Kier molecular flexibility index (Phi) is 11.8. The number of nitrogens with zero attached hydrogens (tertiary/aromatic N) is 9. The summed E-state index contributed by atoms with van der Waals surface area (Å²) in [4.78, 5) is 67.5. The maximum absolute atomic E-state index is 13.0. The van der Waals surface area contributed by atoms with Crippen molar-refractivity contribution in [3.05, 3.63) is 96.0 Å². The Hall–Kier alpha value is -6.72. The van der Waals surface area contributed by atoms with Crippen LogP contribution in [0.25, 0.3) is 33.5 Å². The molecule has 0 saturated carbocycles. The highest BCUT2D eigenvalue weighted by molar-refractivity contribution is 6.05. The molecule has 4 amide bonds. The number of aromatic amines is 1. The summed E-state index contributed by atoms with van der Waals surface area (Å²) in [7, 11) is 0. The zero-order valence-electron chi connectivity index (χ0n) is 36.7. The fourth-order valence-corrected chi connectivity index (χ4v) is 8.88. The zero-order chi connectivity index (χ0) is 44.5. The van der Waals surface area contributed by atoms with Gasteiger partial charge in [0.2, 0.25) is 11.8 Å². The van der Waals surface area contributed by atoms with Crippen LogP contribution in [0.2, 0.25) is 0 Å². The predicted octanol–water partition coefficient (Wildman–Crippen LogP) is 5.84. The van der Waals surface area contributed by atoms with E-state index < -0.39 is 11.9 Å². The monoisotopic (exact) mass is 866 g/mol. The normalized spacial score (nSPS) is 17.2. The van der Waals surface area contributed by atoms with Crippen molar-refractivity contribution in [2.24, 2.45) is 5.92 Å². The molecule has 3 saturated heterocycles. The SMILES string of the molecule is C[C@@H](NC(=O)c1noc(C(C)(C)C)n1)c1ccc(-c2ncnc3[nH]c(-c4ccc(N5CCN(CC6CCN(c7ccc(N8CCC(=O)NC8=O)cc7)CC6)CC5)nc4)cc23)cc1CO. The number of urea groups is 1. The van der Waals surface area contributed by atoms with Gasteiger partial charge in [-0.05, 0) is 85.3 Å². The van der Waals surface area contributed by atoms with Crippen molar-refractivity contribution >= 4 is 46.1 Å². The smallest absolute Gasteiger partial charge is 0.328 e. The molecular weight excluding hydrogens is 813 g/mol. The molecule has 17 heteroatoms. The van der Waals surface area contributed by atoms with E-state index in [9.17, 15) is 19.5 Å². The number of carbonyl (C=O) groups is 3. The minimum atomic E-state index is -0.461. The number of benzene rings is 2. The van der Waals surface area contributed by atoms with E-state index in [1.165, 1.54) is 12.0 Å². The van der Waals surface area contributed by atoms with Gasteiger partial charge in [0.25, 0.3) is 11.7 Å². The molecule has 0 radical (unpaired) electrons. The third kappa shape index (κ3) is 9.03. The van der Waals surface area contributed by atoms with E-state index >= 15 is 0 Å². The van der Waals surface area contributed by atoms with Crippen molar-refractivity contribution in [1.82, 2.24) is 45.6 Å². The molecule has 0 aliphatic carbocycles. The molecule has 6 aromatic rings. The second-order valence-electron chi connectivity index (χ2n) is 18.0. The number of imide groups is 1. The molecule has 7 heterocycles. The number of aliphatic hydroxyl groups excluding tert-OH is 1. The molecule has 332 valence electrons. The van der Waals surface area contributed by atoms with Gasteiger partial charge in [0.05, 0.1) is 18.3 Å². The molecule has 0 unspecified atom stereocenters. The molecule has 4 aromatic heterocycles. The van der Waals surface area contributed by atoms with E-state index in [2.05, 4.69) is 74.7 Å². The number of piperazine rings is 1. The summed E-state index contributed by atoms with van der Waals surface area (Å²) in [6.07, 6.45) is 6.03. The first-order valence-electron chi connectivity index (χ1n) is 22.0. The molecule has 2 aromatic carbocycles. The van der Waals surface area contributed by atoms with Gasteiger partial charge < -0.3 is 29.7 Å². The van der Waals surface area contributed by atoms with Crippen LogP contribution in [0.15, 0.2) is 77.7 Å². The highest BCUT2D eigenvalue weighted by atomic mass is 16.5. The summed E-state index contributed by atoms with van der Waals surface area (Å²) in [6, 6.07) is 19.2. The van der Waals surface area contributed by atoms with Crippen LogP contribution in [-0.2, 0) is 16.8 Å². The predicted molar refractivity (Wildman–Crippen MR) is 243 cm³/mol. The third-order valence-corrected chi connectivity index (χ3v) is 12.6. The standard InChI is InChI=1S/C47H54N12O5/c1-29(51-44(62)43-54-45(64-55-43)47(2,3)4)36-11-5-31(23-33(36)27-60)41-37-24-38(52-42(37)50-28-49-41)32-6-12-39(48-25-32)58-21-19-56(20-22-58)26-30-13-16-57(17-14-30)34-7-9-35(10-8-34)59-18-15-40(61)53-46(59)63/h5-12,23-25,28-30,60H,13-22,26-27H2,1-4H3,(H,51,62)(H,49,50,52)(H,53,61,63)/t29-/m1/s1. The first kappa shape index (κ1) is 42.6. The molecule has 0 bridgehead atoms. The lowest BCUT2D eigenvalue weighted by molar-refractivity contribution is -0.120. The number of nitrogens with one attached hydrogen (secondary N) is 3. The summed E-state index contributed by atoms with van der Waals surface area (Å²) in [5.41, 5.74) is 7.04. The Morgan fingerprint density at radius 2 is 1.64 bits per heavy atom. The number of piperidine rings is 1. The summed E-state index contributed by atoms with van der Waals surface area (Å²) >= 11 is 0. The Balaban J connectivity index is 0.778. The van der Waals surface area contributed by atoms with Crippen molar-refractivity contribution in [2.75, 3.05) is 67.1 Å². The lowest BCUT2D eigenvalue weighted by atomic mass is 9.95. The number of fused-ring (bicyclic) bond motifs is 1. The number of aromatic nitrogens is 6. The van der Waals surface area contributed by atoms with Gasteiger partial charge in [-0.1, -0.05) is 38.1 Å². The molecule has 3 aliphatic heterocycles. The van der Waals surface area contributed by atoms with Gasteiger partial charge in [-0.15, -0.1) is 0 Å². The highest BCUT2D eigenvalue weighted by Crippen LogP contribution is 2.33. The highest BCUT2D eigenvalue weighted by Gasteiger charge is 2.28. The molecule has 1 atom stereocenters. The van der Waals surface area contributed by atoms with Crippen molar-refractivity contribution in [3.8, 4) is 22.5 Å². The van der Waals surface area contributed by atoms with Gasteiger partial charge in [-0.25, -0.2) is 19.7 Å². The fraction of sp³-hybridized carbons (Fsp3) is 0.404. The molecular formula is C47H54N12O5. The van der Waals surface area contributed by atoms with Crippen LogP contribution in [0.3, 0.4) is 0 Å². The summed E-state index contributed by atoms with van der Waals surface area (Å²) < 4.78 is 5.30. The van der Waals surface area contributed by atoms with Crippen LogP contribution < -0.4 is 25.3 Å². The van der Waals surface area contributed by atoms with E-state index in [1.54, 1.807) is 4.90 Å². The van der Waals surface area contributed by atoms with E-state index in [0.29, 0.717) is 36.0 Å². The quantitative estimate of drug-likeness (QED) is 0.121. The second-order valence-corrected chi connectivity index (χ2v) is 18.0. The molecule has 3 aliphatic rings. The van der Waals surface area contributed by atoms with Crippen LogP contribution in [0.1, 0.15) is 80.6 Å². The Bertz CT molecular complexity index is 2640. The Morgan fingerprint density at radius 3 is 2.33 bits per heavy atom. The van der Waals surface area contributed by atoms with Crippen LogP contribution >= 0.6 is 0 Å². The van der Waals surface area contributed by atoms with Gasteiger partial charge >= 0.3 is 6.03 Å². The number of pyridine rings is 1. The number of carbonyl (C=O) groups excluding carboxylic acids is 3. The molecule has 3 fully saturated rings. The lowest BCUT2D eigenvalue weighted by Gasteiger charge is -2.39. The van der Waals surface area contributed by atoms with E-state index in [0.717, 1.165) is 104 Å². The number of H-pyrrole nitrogens is 1. The lowest BCUT2D eigenvalue weighted by Crippen LogP contribution is -2.49. The summed E-state index contributed by atoms with van der Waals surface area (Å²) in [6.45, 7) is 14.8. The summed E-state index contributed by atoms with van der Waals surface area (Å²) in [5, 5.41) is 20.4. The van der Waals surface area contributed by atoms with Gasteiger partial charge in [0.15, 0.2) is 0 Å². The zero-order valence-corrected chi connectivity index (χ0v) is 36.7. The minimum Gasteiger partial charge on any atom is -0.392 e. The topological polar surface area (TPSA) is 202 Å². The largest absolute Gasteiger partial charge is 0.392 e. The maximum Gasteiger partial charge on any atom is 0.328 e. The molecule has 17 nitrogen and oxygen atoms in total. The second kappa shape index (κ2) is 17.8. The number of amides is 4. The number of anilines is 3. The van der Waals surface area contributed by atoms with Crippen LogP contribution in [0.4, 0.5) is 22.0 Å². The van der Waals surface area contributed by atoms with Crippen molar-refractivity contribution < 1.29 is 24.0 Å². The van der Waals surface area contributed by atoms with E-state index in [1.807, 2.05) is 70.3 Å². The maximum atomic E-state index is 13.0. The average molecular weight is 867 g/mol. The van der Waals surface area contributed by atoms with Gasteiger partial charge in [0, 0.05) is 104 Å². The third-order valence-electron chi connectivity index (χ3n) is 12.6. The molecule has 4 N–H and O–H groups in total. The number of hydrogen-bond acceptors (Lipinski definition) is 13. The number of rotatable bonds is 11. The van der Waals surface area contributed by atoms with Gasteiger partial charge in [-0.3, -0.25) is 24.7 Å². The van der Waals surface area contributed by atoms with Gasteiger partial charge in [0.1, 0.15) is 17.8 Å². The van der Waals surface area contributed by atoms with Crippen LogP contribution in [0, 0.1) is 5.92 Å². The van der Waals surface area contributed by atoms with Gasteiger partial charge in [-0.2, -0.15) is 4.98 Å². The molecule has 64 heavy (non-hydrogen) atoms. The van der Waals surface area contributed by atoms with Crippen LogP contribution in [-0.4, -0.2) is 110 Å². The Morgan fingerprint density at radius 1 is 0.891 bits per heavy atom. The van der Waals surface area contributed by atoms with Crippen LogP contribution in [0.5, 0.6) is 0 Å². The summed E-state index contributed by atoms with van der Waals surface area (Å²) in [5.74, 6) is 1.27. The minimum absolute atomic E-state index is 0.0379. The van der Waals surface area contributed by atoms with Crippen molar-refractivity contribution in [1.29, 1.82) is 0 Å². The molecule has 0 spiro atoms. The average Bonchev–Trinajstić information content (AvgIpc) is 3.99. The van der Waals surface area contributed by atoms with E-state index in [-0.39, 0.29) is 29.8 Å². The fourth-order valence-electron chi connectivity index (χ4n) is 8.88. The van der Waals surface area contributed by atoms with Crippen molar-refractivity contribution in [2.45, 2.75) is 65.0 Å². The number of aliphatic hydroxyl groups is 1. The van der Waals surface area contributed by atoms with Crippen molar-refractivity contribution in [3.63, 3.8) is 0 Å². The van der Waals surface area contributed by atoms with E-state index in [4.69, 9.17) is 9.51 Å². The first-order chi connectivity index (χ1) is 30.9.